The van der Waals surface area contributed by atoms with Gasteiger partial charge in [0.05, 0.1) is 5.56 Å². The summed E-state index contributed by atoms with van der Waals surface area (Å²) >= 11 is 0. The summed E-state index contributed by atoms with van der Waals surface area (Å²) in [5, 5.41) is 0. The first-order chi connectivity index (χ1) is 13.3. The van der Waals surface area contributed by atoms with Crippen LogP contribution in [0.4, 0.5) is 17.6 Å². The molecule has 3 rings (SSSR count). The normalized spacial score (nSPS) is 11.8. The van der Waals surface area contributed by atoms with Gasteiger partial charge in [-0.25, -0.2) is 4.39 Å². The van der Waals surface area contributed by atoms with Gasteiger partial charge in [0.15, 0.2) is 0 Å². The Bertz CT molecular complexity index is 1050. The standard InChI is InChI=1S/C23H16F4O/c1-15-17(4-3-7-21(15)18-5-2-6-20(24)13-18)9-10-19-12-16(14-28)8-11-22(19)23(25,26)27/h2-14H,1H3/b10-9+. The zero-order valence-corrected chi connectivity index (χ0v) is 14.9. The van der Waals surface area contributed by atoms with Crippen LogP contribution >= 0.6 is 0 Å². The van der Waals surface area contributed by atoms with E-state index in [1.54, 1.807) is 30.3 Å². The summed E-state index contributed by atoms with van der Waals surface area (Å²) in [6.07, 6.45) is -1.11. The van der Waals surface area contributed by atoms with Crippen molar-refractivity contribution in [2.45, 2.75) is 13.1 Å². The fourth-order valence-corrected chi connectivity index (χ4v) is 3.03. The first kappa shape index (κ1) is 19.5. The van der Waals surface area contributed by atoms with Crippen LogP contribution in [-0.2, 0) is 6.18 Å². The minimum Gasteiger partial charge on any atom is -0.298 e. The third kappa shape index (κ3) is 4.19. The van der Waals surface area contributed by atoms with E-state index >= 15 is 0 Å². The number of carbonyl (C=O) groups excluding carboxylic acids is 1. The highest BCUT2D eigenvalue weighted by molar-refractivity contribution is 5.81. The Kier molecular flexibility index (Phi) is 5.45. The van der Waals surface area contributed by atoms with E-state index in [0.29, 0.717) is 17.4 Å². The van der Waals surface area contributed by atoms with E-state index in [0.717, 1.165) is 23.3 Å². The van der Waals surface area contributed by atoms with Crippen molar-refractivity contribution in [3.8, 4) is 11.1 Å². The smallest absolute Gasteiger partial charge is 0.298 e. The van der Waals surface area contributed by atoms with Crippen molar-refractivity contribution in [3.05, 3.63) is 94.3 Å². The number of benzene rings is 3. The van der Waals surface area contributed by atoms with Crippen molar-refractivity contribution in [1.82, 2.24) is 0 Å². The van der Waals surface area contributed by atoms with Gasteiger partial charge in [-0.2, -0.15) is 13.2 Å². The van der Waals surface area contributed by atoms with Crippen LogP contribution in [0.5, 0.6) is 0 Å². The summed E-state index contributed by atoms with van der Waals surface area (Å²) < 4.78 is 53.3. The number of halogens is 4. The van der Waals surface area contributed by atoms with Crippen LogP contribution in [0.3, 0.4) is 0 Å². The lowest BCUT2D eigenvalue weighted by Gasteiger charge is -2.12. The van der Waals surface area contributed by atoms with Crippen LogP contribution in [-0.4, -0.2) is 6.29 Å². The molecule has 0 spiro atoms. The van der Waals surface area contributed by atoms with Crippen LogP contribution in [0.1, 0.15) is 32.6 Å². The number of hydrogen-bond donors (Lipinski definition) is 0. The lowest BCUT2D eigenvalue weighted by atomic mass is 9.95. The number of rotatable bonds is 4. The molecule has 0 fully saturated rings. The van der Waals surface area contributed by atoms with E-state index in [1.807, 2.05) is 13.0 Å². The second-order valence-corrected chi connectivity index (χ2v) is 6.33. The predicted octanol–water partition coefficient (Wildman–Crippen LogP) is 6.80. The van der Waals surface area contributed by atoms with Crippen molar-refractivity contribution >= 4 is 18.4 Å². The molecule has 0 aliphatic rings. The number of aldehydes is 1. The third-order valence-electron chi connectivity index (χ3n) is 4.47. The lowest BCUT2D eigenvalue weighted by molar-refractivity contribution is -0.137. The van der Waals surface area contributed by atoms with Gasteiger partial charge >= 0.3 is 6.18 Å². The summed E-state index contributed by atoms with van der Waals surface area (Å²) in [5.74, 6) is -0.363. The molecule has 0 aromatic heterocycles. The van der Waals surface area contributed by atoms with Gasteiger partial charge in [0.25, 0.3) is 0 Å². The summed E-state index contributed by atoms with van der Waals surface area (Å²) in [6.45, 7) is 1.83. The molecule has 3 aromatic carbocycles. The van der Waals surface area contributed by atoms with Gasteiger partial charge in [0, 0.05) is 5.56 Å². The van der Waals surface area contributed by atoms with Crippen molar-refractivity contribution in [3.63, 3.8) is 0 Å². The largest absolute Gasteiger partial charge is 0.416 e. The van der Waals surface area contributed by atoms with Crippen LogP contribution in [0, 0.1) is 12.7 Å². The molecule has 142 valence electrons. The van der Waals surface area contributed by atoms with E-state index in [-0.39, 0.29) is 16.9 Å². The quantitative estimate of drug-likeness (QED) is 0.275. The van der Waals surface area contributed by atoms with E-state index in [2.05, 4.69) is 0 Å². The number of carbonyl (C=O) groups is 1. The molecule has 28 heavy (non-hydrogen) atoms. The average Bonchev–Trinajstić information content (AvgIpc) is 2.66. The molecular formula is C23H16F4O. The van der Waals surface area contributed by atoms with Gasteiger partial charge in [-0.1, -0.05) is 48.6 Å². The monoisotopic (exact) mass is 384 g/mol. The maximum absolute atomic E-state index is 13.5. The Morgan fingerprint density at radius 2 is 1.57 bits per heavy atom. The maximum atomic E-state index is 13.5. The zero-order valence-electron chi connectivity index (χ0n) is 14.9. The minimum absolute atomic E-state index is 0.0901. The molecule has 0 saturated carbocycles. The highest BCUT2D eigenvalue weighted by atomic mass is 19.4. The van der Waals surface area contributed by atoms with Crippen molar-refractivity contribution in [1.29, 1.82) is 0 Å². The number of hydrogen-bond acceptors (Lipinski definition) is 1. The van der Waals surface area contributed by atoms with Gasteiger partial charge < -0.3 is 0 Å². The highest BCUT2D eigenvalue weighted by Gasteiger charge is 2.32. The summed E-state index contributed by atoms with van der Waals surface area (Å²) in [7, 11) is 0. The fourth-order valence-electron chi connectivity index (χ4n) is 3.03. The fraction of sp³-hybridized carbons (Fsp3) is 0.0870. The molecule has 0 amide bonds. The SMILES string of the molecule is Cc1c(/C=C/c2cc(C=O)ccc2C(F)(F)F)cccc1-c1cccc(F)c1. The van der Waals surface area contributed by atoms with E-state index in [9.17, 15) is 22.4 Å². The van der Waals surface area contributed by atoms with Crippen LogP contribution in [0.25, 0.3) is 23.3 Å². The molecule has 0 atom stereocenters. The lowest BCUT2D eigenvalue weighted by Crippen LogP contribution is -2.07. The van der Waals surface area contributed by atoms with Gasteiger partial charge in [0.2, 0.25) is 0 Å². The topological polar surface area (TPSA) is 17.1 Å². The molecule has 0 saturated heterocycles. The average molecular weight is 384 g/mol. The van der Waals surface area contributed by atoms with Crippen molar-refractivity contribution < 1.29 is 22.4 Å². The first-order valence-electron chi connectivity index (χ1n) is 8.49. The van der Waals surface area contributed by atoms with Gasteiger partial charge in [-0.15, -0.1) is 0 Å². The van der Waals surface area contributed by atoms with Crippen molar-refractivity contribution in [2.75, 3.05) is 0 Å². The first-order valence-corrected chi connectivity index (χ1v) is 8.49. The predicted molar refractivity (Wildman–Crippen MR) is 102 cm³/mol. The molecule has 0 bridgehead atoms. The second kappa shape index (κ2) is 7.80. The highest BCUT2D eigenvalue weighted by Crippen LogP contribution is 2.34. The Morgan fingerprint density at radius 1 is 0.857 bits per heavy atom. The summed E-state index contributed by atoms with van der Waals surface area (Å²) in [4.78, 5) is 10.9. The molecule has 0 aliphatic carbocycles. The molecule has 0 unspecified atom stereocenters. The molecule has 1 nitrogen and oxygen atoms in total. The maximum Gasteiger partial charge on any atom is 0.416 e. The van der Waals surface area contributed by atoms with Crippen molar-refractivity contribution in [2.24, 2.45) is 0 Å². The molecule has 0 aliphatic heterocycles. The Morgan fingerprint density at radius 3 is 2.25 bits per heavy atom. The van der Waals surface area contributed by atoms with E-state index in [1.165, 1.54) is 24.3 Å². The third-order valence-corrected chi connectivity index (χ3v) is 4.47. The van der Waals surface area contributed by atoms with Crippen LogP contribution in [0.15, 0.2) is 60.7 Å². The van der Waals surface area contributed by atoms with Crippen LogP contribution in [0.2, 0.25) is 0 Å². The van der Waals surface area contributed by atoms with E-state index in [4.69, 9.17) is 0 Å². The molecule has 5 heteroatoms. The Labute approximate surface area is 160 Å². The summed E-state index contributed by atoms with van der Waals surface area (Å²) in [6, 6.07) is 14.7. The van der Waals surface area contributed by atoms with E-state index < -0.39 is 11.7 Å². The van der Waals surface area contributed by atoms with Gasteiger partial charge in [-0.05, 0) is 59.0 Å². The Balaban J connectivity index is 2.04. The zero-order chi connectivity index (χ0) is 20.3. The number of alkyl halides is 3. The molecule has 0 N–H and O–H groups in total. The Hall–Kier alpha value is -3.21. The minimum atomic E-state index is -4.53. The van der Waals surface area contributed by atoms with Gasteiger partial charge in [-0.3, -0.25) is 4.79 Å². The summed E-state index contributed by atoms with van der Waals surface area (Å²) in [5.41, 5.74) is 2.25. The molecule has 0 heterocycles. The molecule has 0 radical (unpaired) electrons. The molecular weight excluding hydrogens is 368 g/mol. The second-order valence-electron chi connectivity index (χ2n) is 6.33. The van der Waals surface area contributed by atoms with Gasteiger partial charge in [0.1, 0.15) is 12.1 Å². The van der Waals surface area contributed by atoms with Crippen LogP contribution < -0.4 is 0 Å². The molecule has 3 aromatic rings.